The molecule has 0 unspecified atom stereocenters. The van der Waals surface area contributed by atoms with Crippen LogP contribution in [0.1, 0.15) is 47.2 Å². The summed E-state index contributed by atoms with van der Waals surface area (Å²) in [5.41, 5.74) is 1.14. The maximum atomic E-state index is 12.8. The fourth-order valence-corrected chi connectivity index (χ4v) is 3.86. The van der Waals surface area contributed by atoms with Gasteiger partial charge in [0.25, 0.3) is 0 Å². The summed E-state index contributed by atoms with van der Waals surface area (Å²) in [4.78, 5) is 12.4. The Bertz CT molecular complexity index is 934. The first-order valence-corrected chi connectivity index (χ1v) is 10.7. The summed E-state index contributed by atoms with van der Waals surface area (Å²) in [5.74, 6) is -0.996. The van der Waals surface area contributed by atoms with E-state index in [9.17, 15) is 18.3 Å². The summed E-state index contributed by atoms with van der Waals surface area (Å²) in [6.07, 6.45) is 2.66. The minimum Gasteiger partial charge on any atom is -0.507 e. The molecule has 0 aliphatic carbocycles. The van der Waals surface area contributed by atoms with Gasteiger partial charge in [0.15, 0.2) is 5.78 Å². The van der Waals surface area contributed by atoms with Crippen LogP contribution in [0.25, 0.3) is 0 Å². The van der Waals surface area contributed by atoms with Gasteiger partial charge < -0.3 is 14.9 Å². The van der Waals surface area contributed by atoms with Gasteiger partial charge in [-0.15, -0.1) is 0 Å². The van der Waals surface area contributed by atoms with Gasteiger partial charge in [0.1, 0.15) is 16.4 Å². The van der Waals surface area contributed by atoms with Gasteiger partial charge in [-0.1, -0.05) is 42.7 Å². The number of phenolic OH excluding ortho intramolecular Hbond substituents is 1. The normalized spacial score (nSPS) is 11.4. The van der Waals surface area contributed by atoms with Gasteiger partial charge in [0, 0.05) is 18.2 Å². The van der Waals surface area contributed by atoms with Gasteiger partial charge in [-0.25, -0.2) is 0 Å². The molecule has 8 heteroatoms. The number of methoxy groups -OCH3 is 1. The summed E-state index contributed by atoms with van der Waals surface area (Å²) in [6.45, 7) is 1.95. The predicted octanol–water partition coefficient (Wildman–Crippen LogP) is 3.20. The van der Waals surface area contributed by atoms with E-state index < -0.39 is 15.9 Å². The van der Waals surface area contributed by atoms with Crippen molar-refractivity contribution in [1.29, 1.82) is 0 Å². The third kappa shape index (κ3) is 6.03. The molecule has 2 aromatic carbocycles. The van der Waals surface area contributed by atoms with E-state index in [-0.39, 0.29) is 35.2 Å². The number of hydrogen-bond acceptors (Lipinski definition) is 7. The standard InChI is InChI=1S/C21H26O7S/c1-15-7-9-16(10-8-15)21(24)17-13-20(19(27-2)14-18(17)23)29(25,26)28-12-6-4-3-5-11-22/h7-10,13-14,22-23H,3-6,11-12H2,1-2H3. The second kappa shape index (κ2) is 10.4. The number of unbranched alkanes of at least 4 members (excludes halogenated alkanes) is 3. The highest BCUT2D eigenvalue weighted by Crippen LogP contribution is 2.34. The monoisotopic (exact) mass is 422 g/mol. The quantitative estimate of drug-likeness (QED) is 0.325. The molecule has 2 N–H and O–H groups in total. The second-order valence-corrected chi connectivity index (χ2v) is 8.21. The molecule has 0 atom stereocenters. The second-order valence-electron chi connectivity index (χ2n) is 6.63. The number of rotatable bonds is 11. The minimum absolute atomic E-state index is 0.0287. The first kappa shape index (κ1) is 22.9. The lowest BCUT2D eigenvalue weighted by Crippen LogP contribution is -2.11. The van der Waals surface area contributed by atoms with Gasteiger partial charge in [-0.05, 0) is 25.8 Å². The van der Waals surface area contributed by atoms with Crippen LogP contribution in [-0.4, -0.2) is 44.7 Å². The molecule has 7 nitrogen and oxygen atoms in total. The Hall–Kier alpha value is -2.42. The van der Waals surface area contributed by atoms with E-state index >= 15 is 0 Å². The Morgan fingerprint density at radius 2 is 1.69 bits per heavy atom. The third-order valence-corrected chi connectivity index (χ3v) is 5.74. The lowest BCUT2D eigenvalue weighted by Gasteiger charge is -2.13. The summed E-state index contributed by atoms with van der Waals surface area (Å²) in [7, 11) is -2.93. The topological polar surface area (TPSA) is 110 Å². The lowest BCUT2D eigenvalue weighted by molar-refractivity contribution is 0.103. The average Bonchev–Trinajstić information content (AvgIpc) is 2.70. The molecule has 0 heterocycles. The zero-order chi connectivity index (χ0) is 21.4. The molecule has 0 radical (unpaired) electrons. The fourth-order valence-electron chi connectivity index (χ4n) is 2.75. The molecule has 0 aliphatic rings. The summed E-state index contributed by atoms with van der Waals surface area (Å²) < 4.78 is 35.4. The molecule has 0 spiro atoms. The molecular formula is C21H26O7S. The van der Waals surface area contributed by atoms with Crippen LogP contribution >= 0.6 is 0 Å². The van der Waals surface area contributed by atoms with E-state index in [0.717, 1.165) is 30.5 Å². The maximum Gasteiger partial charge on any atom is 0.300 e. The Balaban J connectivity index is 2.27. The lowest BCUT2D eigenvalue weighted by atomic mass is 10.0. The Morgan fingerprint density at radius 3 is 2.31 bits per heavy atom. The molecule has 2 rings (SSSR count). The number of carbonyl (C=O) groups excluding carboxylic acids is 1. The molecule has 0 saturated heterocycles. The van der Waals surface area contributed by atoms with Crippen molar-refractivity contribution in [3.8, 4) is 11.5 Å². The number of carbonyl (C=O) groups is 1. The first-order chi connectivity index (χ1) is 13.8. The molecule has 0 saturated carbocycles. The molecule has 158 valence electrons. The van der Waals surface area contributed by atoms with Crippen LogP contribution < -0.4 is 4.74 Å². The van der Waals surface area contributed by atoms with Crippen molar-refractivity contribution in [2.45, 2.75) is 37.5 Å². The number of ketones is 1. The zero-order valence-electron chi connectivity index (χ0n) is 16.6. The molecule has 0 bridgehead atoms. The van der Waals surface area contributed by atoms with Gasteiger partial charge >= 0.3 is 10.1 Å². The molecular weight excluding hydrogens is 396 g/mol. The minimum atomic E-state index is -4.20. The Kier molecular flexibility index (Phi) is 8.19. The number of aryl methyl sites for hydroxylation is 1. The van der Waals surface area contributed by atoms with Gasteiger partial charge in [0.05, 0.1) is 19.3 Å². The number of benzene rings is 2. The highest BCUT2D eigenvalue weighted by Gasteiger charge is 2.25. The van der Waals surface area contributed by atoms with E-state index in [1.54, 1.807) is 24.3 Å². The third-order valence-electron chi connectivity index (χ3n) is 4.40. The SMILES string of the molecule is COc1cc(O)c(C(=O)c2ccc(C)cc2)cc1S(=O)(=O)OCCCCCCO. The summed E-state index contributed by atoms with van der Waals surface area (Å²) >= 11 is 0. The molecule has 0 fully saturated rings. The molecule has 2 aromatic rings. The number of phenols is 1. The van der Waals surface area contributed by atoms with Crippen molar-refractivity contribution in [2.75, 3.05) is 20.3 Å². The Morgan fingerprint density at radius 1 is 1.03 bits per heavy atom. The van der Waals surface area contributed by atoms with Gasteiger partial charge in [0.2, 0.25) is 0 Å². The van der Waals surface area contributed by atoms with E-state index in [0.29, 0.717) is 18.4 Å². The highest BCUT2D eigenvalue weighted by molar-refractivity contribution is 7.86. The van der Waals surface area contributed by atoms with E-state index in [1.165, 1.54) is 7.11 Å². The van der Waals surface area contributed by atoms with Crippen LogP contribution in [0.2, 0.25) is 0 Å². The van der Waals surface area contributed by atoms with Crippen molar-refractivity contribution >= 4 is 15.9 Å². The average molecular weight is 422 g/mol. The molecule has 29 heavy (non-hydrogen) atoms. The molecule has 0 aromatic heterocycles. The van der Waals surface area contributed by atoms with Gasteiger partial charge in [-0.3, -0.25) is 8.98 Å². The largest absolute Gasteiger partial charge is 0.507 e. The zero-order valence-corrected chi connectivity index (χ0v) is 17.4. The first-order valence-electron chi connectivity index (χ1n) is 9.33. The number of aliphatic hydroxyl groups excluding tert-OH is 1. The number of aromatic hydroxyl groups is 1. The van der Waals surface area contributed by atoms with Crippen LogP contribution in [0.15, 0.2) is 41.3 Å². The smallest absolute Gasteiger partial charge is 0.300 e. The van der Waals surface area contributed by atoms with Crippen molar-refractivity contribution in [3.63, 3.8) is 0 Å². The van der Waals surface area contributed by atoms with E-state index in [4.69, 9.17) is 14.0 Å². The number of hydrogen-bond donors (Lipinski definition) is 2. The molecule has 0 aliphatic heterocycles. The summed E-state index contributed by atoms with van der Waals surface area (Å²) in [6, 6.07) is 8.91. The van der Waals surface area contributed by atoms with Crippen molar-refractivity contribution in [1.82, 2.24) is 0 Å². The van der Waals surface area contributed by atoms with Crippen molar-refractivity contribution in [2.24, 2.45) is 0 Å². The van der Waals surface area contributed by atoms with Gasteiger partial charge in [-0.2, -0.15) is 8.42 Å². The van der Waals surface area contributed by atoms with Crippen LogP contribution in [-0.2, 0) is 14.3 Å². The number of ether oxygens (including phenoxy) is 1. The highest BCUT2D eigenvalue weighted by atomic mass is 32.2. The van der Waals surface area contributed by atoms with Crippen LogP contribution in [0.4, 0.5) is 0 Å². The maximum absolute atomic E-state index is 12.8. The van der Waals surface area contributed by atoms with Crippen molar-refractivity contribution < 1.29 is 32.3 Å². The fraction of sp³-hybridized carbons (Fsp3) is 0.381. The van der Waals surface area contributed by atoms with E-state index in [1.807, 2.05) is 6.92 Å². The number of aliphatic hydroxyl groups is 1. The van der Waals surface area contributed by atoms with Crippen molar-refractivity contribution in [3.05, 3.63) is 53.1 Å². The van der Waals surface area contributed by atoms with E-state index in [2.05, 4.69) is 0 Å². The summed E-state index contributed by atoms with van der Waals surface area (Å²) in [5, 5.41) is 19.0. The Labute approximate surface area is 171 Å². The van der Waals surface area contributed by atoms with Crippen LogP contribution in [0.3, 0.4) is 0 Å². The van der Waals surface area contributed by atoms with Crippen LogP contribution in [0.5, 0.6) is 11.5 Å². The predicted molar refractivity (Wildman–Crippen MR) is 108 cm³/mol. The van der Waals surface area contributed by atoms with Crippen LogP contribution in [0, 0.1) is 6.92 Å². The molecule has 0 amide bonds.